The Kier molecular flexibility index (Phi) is 8.83. The van der Waals surface area contributed by atoms with Crippen molar-refractivity contribution in [1.82, 2.24) is 9.88 Å². The number of rotatable bonds is 8. The molecule has 55 heavy (non-hydrogen) atoms. The van der Waals surface area contributed by atoms with Gasteiger partial charge in [-0.1, -0.05) is 152 Å². The minimum Gasteiger partial charge on any atom is -0.456 e. The quantitative estimate of drug-likeness (QED) is 0.0968. The van der Waals surface area contributed by atoms with Crippen LogP contribution in [-0.2, 0) is 0 Å². The van der Waals surface area contributed by atoms with E-state index in [0.717, 1.165) is 71.8 Å². The Balaban J connectivity index is 1.12. The normalized spacial score (nSPS) is 12.3. The van der Waals surface area contributed by atoms with Gasteiger partial charge >= 0.3 is 0 Å². The number of benzene rings is 7. The summed E-state index contributed by atoms with van der Waals surface area (Å²) in [5, 5.41) is 3.17. The zero-order valence-electron chi connectivity index (χ0n) is 30.4. The summed E-state index contributed by atoms with van der Waals surface area (Å²) in [4.78, 5) is 12.0. The Morgan fingerprint density at radius 1 is 0.618 bits per heavy atom. The highest BCUT2D eigenvalue weighted by atomic mass is 16.3. The third kappa shape index (κ3) is 6.48. The van der Waals surface area contributed by atoms with Gasteiger partial charge in [-0.25, -0.2) is 4.99 Å². The molecule has 0 amide bonds. The predicted octanol–water partition coefficient (Wildman–Crippen LogP) is 12.1. The summed E-state index contributed by atoms with van der Waals surface area (Å²) in [6.07, 6.45) is 1.29. The van der Waals surface area contributed by atoms with E-state index < -0.39 is 6.17 Å². The van der Waals surface area contributed by atoms with Gasteiger partial charge in [0.05, 0.1) is 11.2 Å². The first-order chi connectivity index (χ1) is 27.0. The molecule has 0 saturated carbocycles. The van der Waals surface area contributed by atoms with Crippen LogP contribution in [-0.4, -0.2) is 22.8 Å². The first-order valence-electron chi connectivity index (χ1n) is 18.4. The molecule has 0 bridgehead atoms. The van der Waals surface area contributed by atoms with Crippen molar-refractivity contribution in [2.45, 2.75) is 6.17 Å². The van der Waals surface area contributed by atoms with Crippen LogP contribution in [0.5, 0.6) is 0 Å². The van der Waals surface area contributed by atoms with E-state index in [4.69, 9.17) is 20.1 Å². The van der Waals surface area contributed by atoms with E-state index in [9.17, 15) is 0 Å². The van der Waals surface area contributed by atoms with Crippen molar-refractivity contribution in [3.8, 4) is 33.4 Å². The van der Waals surface area contributed by atoms with Crippen molar-refractivity contribution >= 4 is 44.4 Å². The minimum absolute atomic E-state index is 0.567. The number of nitrogens with two attached hydrogens (primary N) is 1. The number of furan rings is 1. The summed E-state index contributed by atoms with van der Waals surface area (Å²) in [5.41, 5.74) is 19.8. The molecule has 0 spiro atoms. The summed E-state index contributed by atoms with van der Waals surface area (Å²) in [6, 6.07) is 60.5. The van der Waals surface area contributed by atoms with Crippen molar-refractivity contribution in [2.75, 3.05) is 7.05 Å². The van der Waals surface area contributed by atoms with Crippen molar-refractivity contribution < 1.29 is 4.42 Å². The number of aromatic nitrogens is 1. The summed E-state index contributed by atoms with van der Waals surface area (Å²) in [7, 11) is 1.97. The van der Waals surface area contributed by atoms with Crippen LogP contribution in [0.4, 0.5) is 0 Å². The third-order valence-corrected chi connectivity index (χ3v) is 10.3. The molecular formula is C50H38N4O. The van der Waals surface area contributed by atoms with Crippen LogP contribution >= 0.6 is 0 Å². The molecule has 0 saturated heterocycles. The zero-order valence-corrected chi connectivity index (χ0v) is 30.4. The summed E-state index contributed by atoms with van der Waals surface area (Å²) in [6.45, 7) is 4.36. The standard InChI is InChI=1S/C50H38N4O/c1-33(34-14-5-3-6-15-34)53-50(54(2)49(51)44-23-12-22-43-42-21-9-10-24-46(42)55-48(43)44)37-27-25-36(26-28-37)45-32-41(31-40-20-13-29-52-47(40)45)39-19-11-18-38(30-39)35-16-7-4-8-17-35/h3-32,49H,1,51H2,2H3. The molecule has 2 aromatic heterocycles. The van der Waals surface area contributed by atoms with E-state index in [2.05, 4.69) is 110 Å². The van der Waals surface area contributed by atoms with E-state index in [1.54, 1.807) is 0 Å². The number of para-hydroxylation sites is 2. The highest BCUT2D eigenvalue weighted by Crippen LogP contribution is 2.37. The zero-order chi connectivity index (χ0) is 37.3. The second-order valence-electron chi connectivity index (χ2n) is 13.7. The summed E-state index contributed by atoms with van der Waals surface area (Å²) < 4.78 is 6.39. The van der Waals surface area contributed by atoms with Crippen molar-refractivity contribution in [3.63, 3.8) is 0 Å². The van der Waals surface area contributed by atoms with E-state index in [1.165, 1.54) is 11.1 Å². The largest absolute Gasteiger partial charge is 0.456 e. The van der Waals surface area contributed by atoms with E-state index >= 15 is 0 Å². The lowest BCUT2D eigenvalue weighted by Gasteiger charge is -2.29. The lowest BCUT2D eigenvalue weighted by molar-refractivity contribution is 0.385. The summed E-state index contributed by atoms with van der Waals surface area (Å²) in [5.74, 6) is 0.690. The van der Waals surface area contributed by atoms with Gasteiger partial charge in [0, 0.05) is 46.1 Å². The molecule has 5 nitrogen and oxygen atoms in total. The van der Waals surface area contributed by atoms with Gasteiger partial charge in [0.2, 0.25) is 0 Å². The molecule has 9 rings (SSSR count). The number of nitrogens with zero attached hydrogens (tertiary/aromatic N) is 3. The van der Waals surface area contributed by atoms with Crippen LogP contribution in [0.1, 0.15) is 22.9 Å². The van der Waals surface area contributed by atoms with Gasteiger partial charge in [0.1, 0.15) is 23.2 Å². The number of hydrogen-bond acceptors (Lipinski definition) is 4. The van der Waals surface area contributed by atoms with Gasteiger partial charge in [-0.2, -0.15) is 0 Å². The fourth-order valence-electron chi connectivity index (χ4n) is 7.40. The van der Waals surface area contributed by atoms with Gasteiger partial charge in [0.15, 0.2) is 0 Å². The molecule has 0 aliphatic rings. The monoisotopic (exact) mass is 710 g/mol. The fourth-order valence-corrected chi connectivity index (χ4v) is 7.40. The molecule has 0 fully saturated rings. The average molecular weight is 711 g/mol. The van der Waals surface area contributed by atoms with Crippen molar-refractivity contribution in [3.05, 3.63) is 205 Å². The Labute approximate surface area is 320 Å². The molecule has 0 aliphatic heterocycles. The molecule has 264 valence electrons. The van der Waals surface area contributed by atoms with Crippen LogP contribution in [0.3, 0.4) is 0 Å². The minimum atomic E-state index is -0.567. The van der Waals surface area contributed by atoms with Gasteiger partial charge < -0.3 is 15.1 Å². The predicted molar refractivity (Wildman–Crippen MR) is 228 cm³/mol. The third-order valence-electron chi connectivity index (χ3n) is 10.3. The van der Waals surface area contributed by atoms with Gasteiger partial charge in [-0.15, -0.1) is 0 Å². The maximum Gasteiger partial charge on any atom is 0.142 e. The van der Waals surface area contributed by atoms with E-state index in [-0.39, 0.29) is 0 Å². The molecule has 2 N–H and O–H groups in total. The lowest BCUT2D eigenvalue weighted by atomic mass is 9.93. The average Bonchev–Trinajstić information content (AvgIpc) is 3.64. The Morgan fingerprint density at radius 3 is 2.09 bits per heavy atom. The maximum atomic E-state index is 7.13. The first kappa shape index (κ1) is 33.7. The van der Waals surface area contributed by atoms with E-state index in [1.807, 2.05) is 90.9 Å². The van der Waals surface area contributed by atoms with Crippen LogP contribution < -0.4 is 5.73 Å². The van der Waals surface area contributed by atoms with Crippen LogP contribution in [0.15, 0.2) is 198 Å². The molecule has 0 aliphatic carbocycles. The topological polar surface area (TPSA) is 67.7 Å². The number of pyridine rings is 1. The summed E-state index contributed by atoms with van der Waals surface area (Å²) >= 11 is 0. The molecule has 1 atom stereocenters. The number of hydrogen-bond donors (Lipinski definition) is 1. The smallest absolute Gasteiger partial charge is 0.142 e. The molecule has 5 heteroatoms. The number of fused-ring (bicyclic) bond motifs is 4. The van der Waals surface area contributed by atoms with Crippen LogP contribution in [0, 0.1) is 0 Å². The highest BCUT2D eigenvalue weighted by Gasteiger charge is 2.23. The highest BCUT2D eigenvalue weighted by molar-refractivity contribution is 6.07. The lowest BCUT2D eigenvalue weighted by Crippen LogP contribution is -2.37. The molecular weight excluding hydrogens is 673 g/mol. The fraction of sp³-hybridized carbons (Fsp3) is 0.0400. The molecule has 9 aromatic rings. The van der Waals surface area contributed by atoms with Crippen LogP contribution in [0.25, 0.3) is 71.9 Å². The second kappa shape index (κ2) is 14.4. The Morgan fingerprint density at radius 2 is 1.29 bits per heavy atom. The SMILES string of the molecule is C=C(N=C(c1ccc(-c2cc(-c3cccc(-c4ccccc4)c3)cc3cccnc23)cc1)N(C)C(N)c1cccc2c1oc1ccccc12)c1ccccc1. The van der Waals surface area contributed by atoms with Crippen LogP contribution in [0.2, 0.25) is 0 Å². The maximum absolute atomic E-state index is 7.13. The number of aliphatic imine (C=N–C) groups is 1. The van der Waals surface area contributed by atoms with Crippen molar-refractivity contribution in [1.29, 1.82) is 0 Å². The molecule has 0 radical (unpaired) electrons. The molecule has 1 unspecified atom stereocenters. The van der Waals surface area contributed by atoms with Gasteiger partial charge in [0.25, 0.3) is 0 Å². The molecule has 2 heterocycles. The van der Waals surface area contributed by atoms with Gasteiger partial charge in [-0.05, 0) is 63.7 Å². The first-order valence-corrected chi connectivity index (χ1v) is 18.4. The second-order valence-corrected chi connectivity index (χ2v) is 13.7. The van der Waals surface area contributed by atoms with Gasteiger partial charge in [-0.3, -0.25) is 4.98 Å². The van der Waals surface area contributed by atoms with E-state index in [0.29, 0.717) is 11.5 Å². The Hall–Kier alpha value is -7.08. The Bertz CT molecular complexity index is 2860. The molecule has 7 aromatic carbocycles. The number of amidine groups is 1. The van der Waals surface area contributed by atoms with Crippen molar-refractivity contribution in [2.24, 2.45) is 10.7 Å².